The SMILES string of the molecule is Cn1cccc1C(=O)Nc1ccc(NC(=O)Nc2ccccc2)cc1. The first-order valence-corrected chi connectivity index (χ1v) is 7.77. The molecule has 0 aliphatic carbocycles. The summed E-state index contributed by atoms with van der Waals surface area (Å²) in [6.45, 7) is 0. The molecule has 3 amide bonds. The number of carbonyl (C=O) groups is 2. The summed E-state index contributed by atoms with van der Waals surface area (Å²) in [5.41, 5.74) is 2.57. The highest BCUT2D eigenvalue weighted by molar-refractivity contribution is 6.03. The summed E-state index contributed by atoms with van der Waals surface area (Å²) in [6.07, 6.45) is 1.81. The number of amides is 3. The molecule has 1 heterocycles. The predicted octanol–water partition coefficient (Wildman–Crippen LogP) is 3.92. The molecule has 0 bridgehead atoms. The molecule has 0 fully saturated rings. The van der Waals surface area contributed by atoms with Gasteiger partial charge in [-0.1, -0.05) is 18.2 Å². The average molecular weight is 334 g/mol. The van der Waals surface area contributed by atoms with Crippen LogP contribution in [-0.4, -0.2) is 16.5 Å². The van der Waals surface area contributed by atoms with E-state index in [2.05, 4.69) is 16.0 Å². The van der Waals surface area contributed by atoms with E-state index in [1.54, 1.807) is 34.9 Å². The maximum atomic E-state index is 12.2. The lowest BCUT2D eigenvalue weighted by Gasteiger charge is -2.09. The Morgan fingerprint density at radius 3 is 1.84 bits per heavy atom. The number of benzene rings is 2. The number of hydrogen-bond acceptors (Lipinski definition) is 2. The van der Waals surface area contributed by atoms with Gasteiger partial charge in [-0.3, -0.25) is 4.79 Å². The maximum Gasteiger partial charge on any atom is 0.323 e. The predicted molar refractivity (Wildman–Crippen MR) is 98.9 cm³/mol. The van der Waals surface area contributed by atoms with Crippen LogP contribution in [0.3, 0.4) is 0 Å². The van der Waals surface area contributed by atoms with Crippen molar-refractivity contribution in [1.29, 1.82) is 0 Å². The second-order valence-electron chi connectivity index (χ2n) is 5.48. The van der Waals surface area contributed by atoms with Crippen molar-refractivity contribution in [3.63, 3.8) is 0 Å². The maximum absolute atomic E-state index is 12.2. The quantitative estimate of drug-likeness (QED) is 0.676. The molecule has 2 aromatic carbocycles. The van der Waals surface area contributed by atoms with Gasteiger partial charge in [0, 0.05) is 30.3 Å². The molecule has 3 aromatic rings. The molecule has 3 rings (SSSR count). The standard InChI is InChI=1S/C19H18N4O2/c1-23-13-5-8-17(23)18(24)20-15-9-11-16(12-10-15)22-19(25)21-14-6-3-2-4-7-14/h2-13H,1H3,(H,20,24)(H2,21,22,25). The Balaban J connectivity index is 1.58. The Hall–Kier alpha value is -3.54. The number of rotatable bonds is 4. The molecule has 0 atom stereocenters. The zero-order valence-electron chi connectivity index (χ0n) is 13.7. The fourth-order valence-corrected chi connectivity index (χ4v) is 2.34. The van der Waals surface area contributed by atoms with Crippen molar-refractivity contribution in [2.24, 2.45) is 7.05 Å². The second-order valence-corrected chi connectivity index (χ2v) is 5.48. The van der Waals surface area contributed by atoms with Gasteiger partial charge < -0.3 is 20.5 Å². The summed E-state index contributed by atoms with van der Waals surface area (Å²) in [7, 11) is 1.81. The van der Waals surface area contributed by atoms with Crippen LogP contribution < -0.4 is 16.0 Å². The Kier molecular flexibility index (Phi) is 4.80. The van der Waals surface area contributed by atoms with E-state index in [0.717, 1.165) is 0 Å². The van der Waals surface area contributed by atoms with E-state index in [1.807, 2.05) is 49.6 Å². The Labute approximate surface area is 145 Å². The van der Waals surface area contributed by atoms with Crippen LogP contribution in [0.4, 0.5) is 21.9 Å². The molecule has 126 valence electrons. The van der Waals surface area contributed by atoms with Crippen molar-refractivity contribution in [2.75, 3.05) is 16.0 Å². The summed E-state index contributed by atoms with van der Waals surface area (Å²) in [5.74, 6) is -0.185. The first kappa shape index (κ1) is 16.3. The third-order valence-electron chi connectivity index (χ3n) is 3.61. The zero-order chi connectivity index (χ0) is 17.6. The van der Waals surface area contributed by atoms with Crippen LogP contribution in [-0.2, 0) is 7.05 Å². The topological polar surface area (TPSA) is 75.2 Å². The third-order valence-corrected chi connectivity index (χ3v) is 3.61. The van der Waals surface area contributed by atoms with E-state index >= 15 is 0 Å². The van der Waals surface area contributed by atoms with Crippen molar-refractivity contribution < 1.29 is 9.59 Å². The molecule has 0 radical (unpaired) electrons. The number of nitrogens with one attached hydrogen (secondary N) is 3. The lowest BCUT2D eigenvalue weighted by molar-refractivity contribution is 0.101. The summed E-state index contributed by atoms with van der Waals surface area (Å²) in [6, 6.07) is 19.3. The second kappa shape index (κ2) is 7.35. The largest absolute Gasteiger partial charge is 0.347 e. The van der Waals surface area contributed by atoms with Crippen LogP contribution in [0.2, 0.25) is 0 Å². The molecule has 0 saturated carbocycles. The van der Waals surface area contributed by atoms with E-state index in [1.165, 1.54) is 0 Å². The minimum Gasteiger partial charge on any atom is -0.347 e. The number of anilines is 3. The molecular weight excluding hydrogens is 316 g/mol. The lowest BCUT2D eigenvalue weighted by atomic mass is 10.2. The zero-order valence-corrected chi connectivity index (χ0v) is 13.7. The molecule has 0 unspecified atom stereocenters. The van der Waals surface area contributed by atoms with E-state index in [-0.39, 0.29) is 11.9 Å². The van der Waals surface area contributed by atoms with Gasteiger partial charge >= 0.3 is 6.03 Å². The van der Waals surface area contributed by atoms with Crippen molar-refractivity contribution in [2.45, 2.75) is 0 Å². The van der Waals surface area contributed by atoms with Crippen LogP contribution in [0.25, 0.3) is 0 Å². The minimum atomic E-state index is -0.327. The van der Waals surface area contributed by atoms with Gasteiger partial charge in [-0.25, -0.2) is 4.79 Å². The Bertz CT molecular complexity index is 870. The highest BCUT2D eigenvalue weighted by atomic mass is 16.2. The van der Waals surface area contributed by atoms with Crippen LogP contribution >= 0.6 is 0 Å². The van der Waals surface area contributed by atoms with Crippen molar-refractivity contribution in [3.8, 4) is 0 Å². The Morgan fingerprint density at radius 1 is 0.720 bits per heavy atom. The number of aryl methyl sites for hydroxylation is 1. The van der Waals surface area contributed by atoms with Crippen molar-refractivity contribution in [3.05, 3.63) is 78.6 Å². The van der Waals surface area contributed by atoms with E-state index in [4.69, 9.17) is 0 Å². The number of urea groups is 1. The highest BCUT2D eigenvalue weighted by Gasteiger charge is 2.09. The molecule has 1 aromatic heterocycles. The van der Waals surface area contributed by atoms with Crippen LogP contribution in [0.15, 0.2) is 72.9 Å². The van der Waals surface area contributed by atoms with Crippen LogP contribution in [0.5, 0.6) is 0 Å². The molecular formula is C19H18N4O2. The van der Waals surface area contributed by atoms with E-state index in [0.29, 0.717) is 22.8 Å². The van der Waals surface area contributed by atoms with E-state index < -0.39 is 0 Å². The number of hydrogen-bond donors (Lipinski definition) is 3. The molecule has 0 aliphatic rings. The molecule has 0 spiro atoms. The third kappa shape index (κ3) is 4.26. The minimum absolute atomic E-state index is 0.185. The monoisotopic (exact) mass is 334 g/mol. The molecule has 6 heteroatoms. The van der Waals surface area contributed by atoms with Gasteiger partial charge in [0.15, 0.2) is 0 Å². The molecule has 3 N–H and O–H groups in total. The summed E-state index contributed by atoms with van der Waals surface area (Å²) in [5, 5.41) is 8.30. The van der Waals surface area contributed by atoms with Gasteiger partial charge in [0.25, 0.3) is 5.91 Å². The van der Waals surface area contributed by atoms with Crippen LogP contribution in [0, 0.1) is 0 Å². The average Bonchev–Trinajstić information content (AvgIpc) is 3.03. The summed E-state index contributed by atoms with van der Waals surface area (Å²) >= 11 is 0. The smallest absolute Gasteiger partial charge is 0.323 e. The summed E-state index contributed by atoms with van der Waals surface area (Å²) < 4.78 is 1.75. The Morgan fingerprint density at radius 2 is 1.28 bits per heavy atom. The van der Waals surface area contributed by atoms with Crippen LogP contribution in [0.1, 0.15) is 10.5 Å². The van der Waals surface area contributed by atoms with E-state index in [9.17, 15) is 9.59 Å². The number of aromatic nitrogens is 1. The fraction of sp³-hybridized carbons (Fsp3) is 0.0526. The van der Waals surface area contributed by atoms with Gasteiger partial charge in [0.1, 0.15) is 5.69 Å². The summed E-state index contributed by atoms with van der Waals surface area (Å²) in [4.78, 5) is 24.1. The van der Waals surface area contributed by atoms with Gasteiger partial charge in [-0.2, -0.15) is 0 Å². The first-order chi connectivity index (χ1) is 12.1. The molecule has 25 heavy (non-hydrogen) atoms. The van der Waals surface area contributed by atoms with Crippen molar-refractivity contribution >= 4 is 29.0 Å². The molecule has 6 nitrogen and oxygen atoms in total. The van der Waals surface area contributed by atoms with Gasteiger partial charge in [0.05, 0.1) is 0 Å². The molecule has 0 saturated heterocycles. The molecule has 0 aliphatic heterocycles. The normalized spacial score (nSPS) is 10.1. The highest BCUT2D eigenvalue weighted by Crippen LogP contribution is 2.15. The lowest BCUT2D eigenvalue weighted by Crippen LogP contribution is -2.19. The number of carbonyl (C=O) groups excluding carboxylic acids is 2. The van der Waals surface area contributed by atoms with Gasteiger partial charge in [0.2, 0.25) is 0 Å². The fourth-order valence-electron chi connectivity index (χ4n) is 2.34. The van der Waals surface area contributed by atoms with Crippen molar-refractivity contribution in [1.82, 2.24) is 4.57 Å². The van der Waals surface area contributed by atoms with Gasteiger partial charge in [-0.15, -0.1) is 0 Å². The number of para-hydroxylation sites is 1. The first-order valence-electron chi connectivity index (χ1n) is 7.77. The van der Waals surface area contributed by atoms with Gasteiger partial charge in [-0.05, 0) is 48.5 Å². The number of nitrogens with zero attached hydrogens (tertiary/aromatic N) is 1.